The van der Waals surface area contributed by atoms with Gasteiger partial charge in [-0.15, -0.1) is 0 Å². The van der Waals surface area contributed by atoms with Crippen molar-refractivity contribution >= 4 is 33.3 Å². The summed E-state index contributed by atoms with van der Waals surface area (Å²) in [5, 5.41) is 5.34. The van der Waals surface area contributed by atoms with Gasteiger partial charge >= 0.3 is 0 Å². The van der Waals surface area contributed by atoms with E-state index < -0.39 is 0 Å². The lowest BCUT2D eigenvalue weighted by molar-refractivity contribution is 0.0540. The van der Waals surface area contributed by atoms with Crippen molar-refractivity contribution in [2.45, 2.75) is 0 Å². The van der Waals surface area contributed by atoms with E-state index in [2.05, 4.69) is 26.3 Å². The van der Waals surface area contributed by atoms with Crippen LogP contribution in [0.1, 0.15) is 0 Å². The number of H-pyrrole nitrogens is 1. The van der Waals surface area contributed by atoms with E-state index in [4.69, 9.17) is 18.9 Å². The number of rotatable bonds is 10. The van der Waals surface area contributed by atoms with Crippen molar-refractivity contribution in [2.75, 3.05) is 46.0 Å². The van der Waals surface area contributed by atoms with Crippen LogP contribution in [0.5, 0.6) is 11.5 Å². The largest absolute Gasteiger partial charge is 0.493 e. The van der Waals surface area contributed by atoms with Gasteiger partial charge in [0.1, 0.15) is 18.8 Å². The number of aromatic amines is 1. The maximum atomic E-state index is 5.84. The third-order valence-corrected chi connectivity index (χ3v) is 4.65. The van der Waals surface area contributed by atoms with Crippen molar-refractivity contribution in [3.8, 4) is 11.5 Å². The molecule has 0 bridgehead atoms. The van der Waals surface area contributed by atoms with Crippen LogP contribution in [-0.2, 0) is 9.47 Å². The molecule has 0 unspecified atom stereocenters. The van der Waals surface area contributed by atoms with Crippen LogP contribution in [0.4, 0.5) is 11.5 Å². The fraction of sp³-hybridized carbons (Fsp3) is 0.273. The minimum Gasteiger partial charge on any atom is -0.493 e. The molecular weight excluding hydrogens is 384 g/mol. The Kier molecular flexibility index (Phi) is 6.26. The summed E-state index contributed by atoms with van der Waals surface area (Å²) in [6, 6.07) is 11.9. The van der Waals surface area contributed by atoms with E-state index in [9.17, 15) is 0 Å². The Bertz CT molecular complexity index is 1130. The maximum Gasteiger partial charge on any atom is 0.163 e. The molecule has 30 heavy (non-hydrogen) atoms. The van der Waals surface area contributed by atoms with Crippen LogP contribution in [0.3, 0.4) is 0 Å². The molecule has 0 aliphatic rings. The third kappa shape index (κ3) is 4.45. The monoisotopic (exact) mass is 408 g/mol. The molecule has 8 heteroatoms. The summed E-state index contributed by atoms with van der Waals surface area (Å²) in [7, 11) is 3.25. The lowest BCUT2D eigenvalue weighted by Gasteiger charge is -2.14. The summed E-state index contributed by atoms with van der Waals surface area (Å²) in [5.41, 5.74) is 2.78. The fourth-order valence-electron chi connectivity index (χ4n) is 3.16. The van der Waals surface area contributed by atoms with E-state index in [0.717, 1.165) is 27.5 Å². The molecule has 2 N–H and O–H groups in total. The van der Waals surface area contributed by atoms with Gasteiger partial charge in [0.05, 0.1) is 32.4 Å². The zero-order chi connectivity index (χ0) is 20.8. The van der Waals surface area contributed by atoms with Crippen molar-refractivity contribution in [1.82, 2.24) is 15.0 Å². The molecule has 8 nitrogen and oxygen atoms in total. The fourth-order valence-corrected chi connectivity index (χ4v) is 3.16. The summed E-state index contributed by atoms with van der Waals surface area (Å²) in [6.45, 7) is 1.95. The minimum absolute atomic E-state index is 0.401. The minimum atomic E-state index is 0.401. The zero-order valence-electron chi connectivity index (χ0n) is 17.0. The van der Waals surface area contributed by atoms with Gasteiger partial charge in [-0.2, -0.15) is 0 Å². The molecule has 2 aromatic carbocycles. The Morgan fingerprint density at radius 2 is 1.83 bits per heavy atom. The molecule has 0 spiro atoms. The van der Waals surface area contributed by atoms with E-state index in [0.29, 0.717) is 43.7 Å². The molecule has 0 atom stereocenters. The summed E-state index contributed by atoms with van der Waals surface area (Å²) >= 11 is 0. The van der Waals surface area contributed by atoms with Gasteiger partial charge in [0, 0.05) is 41.3 Å². The van der Waals surface area contributed by atoms with Gasteiger partial charge in [-0.25, -0.2) is 9.97 Å². The first-order valence-electron chi connectivity index (χ1n) is 9.65. The Morgan fingerprint density at radius 3 is 2.70 bits per heavy atom. The number of aromatic nitrogens is 3. The topological polar surface area (TPSA) is 90.5 Å². The van der Waals surface area contributed by atoms with Gasteiger partial charge in [0.15, 0.2) is 11.5 Å². The van der Waals surface area contributed by atoms with E-state index in [-0.39, 0.29) is 0 Å². The second-order valence-corrected chi connectivity index (χ2v) is 6.60. The van der Waals surface area contributed by atoms with Crippen molar-refractivity contribution < 1.29 is 18.9 Å². The molecule has 0 saturated heterocycles. The van der Waals surface area contributed by atoms with Crippen LogP contribution in [0.15, 0.2) is 48.9 Å². The number of fused-ring (bicyclic) bond motifs is 2. The summed E-state index contributed by atoms with van der Waals surface area (Å²) in [6.07, 6.45) is 3.45. The van der Waals surface area contributed by atoms with E-state index in [1.54, 1.807) is 14.2 Å². The summed E-state index contributed by atoms with van der Waals surface area (Å²) in [5.74, 6) is 1.92. The average Bonchev–Trinajstić information content (AvgIpc) is 3.24. The number of anilines is 2. The highest BCUT2D eigenvalue weighted by Crippen LogP contribution is 2.35. The van der Waals surface area contributed by atoms with Gasteiger partial charge in [-0.3, -0.25) is 0 Å². The highest BCUT2D eigenvalue weighted by atomic mass is 16.5. The van der Waals surface area contributed by atoms with Gasteiger partial charge in [-0.1, -0.05) is 0 Å². The Hall–Kier alpha value is -3.36. The normalized spacial score (nSPS) is 11.1. The lowest BCUT2D eigenvalue weighted by atomic mass is 10.2. The number of nitrogens with one attached hydrogen (secondary N) is 2. The summed E-state index contributed by atoms with van der Waals surface area (Å²) in [4.78, 5) is 12.0. The van der Waals surface area contributed by atoms with Gasteiger partial charge < -0.3 is 29.2 Å². The van der Waals surface area contributed by atoms with Crippen LogP contribution in [0, 0.1) is 0 Å². The Balaban J connectivity index is 1.54. The number of ether oxygens (including phenoxy) is 4. The molecule has 0 aliphatic heterocycles. The Morgan fingerprint density at radius 1 is 0.933 bits per heavy atom. The molecule has 156 valence electrons. The van der Waals surface area contributed by atoms with Crippen LogP contribution in [0.2, 0.25) is 0 Å². The van der Waals surface area contributed by atoms with Crippen LogP contribution in [-0.4, -0.2) is 55.6 Å². The van der Waals surface area contributed by atoms with Crippen LogP contribution in [0.25, 0.3) is 21.8 Å². The molecule has 0 saturated carbocycles. The molecule has 2 aromatic heterocycles. The maximum absolute atomic E-state index is 5.84. The SMILES string of the molecule is COCCOCCOc1cc2ncnc(Nc3ccc4[nH]ccc4c3)c2cc1OC. The molecule has 0 amide bonds. The van der Waals surface area contributed by atoms with Crippen molar-refractivity contribution in [2.24, 2.45) is 0 Å². The van der Waals surface area contributed by atoms with Crippen LogP contribution < -0.4 is 14.8 Å². The molecular formula is C22H24N4O4. The average molecular weight is 408 g/mol. The highest BCUT2D eigenvalue weighted by Gasteiger charge is 2.12. The standard InChI is InChI=1S/C22H24N4O4/c1-27-7-8-29-9-10-30-21-13-19-17(12-20(21)28-2)22(25-14-24-19)26-16-3-4-18-15(11-16)5-6-23-18/h3-6,11-14,23H,7-10H2,1-2H3,(H,24,25,26). The first-order valence-corrected chi connectivity index (χ1v) is 9.65. The number of methoxy groups -OCH3 is 2. The molecule has 4 rings (SSSR count). The second-order valence-electron chi connectivity index (χ2n) is 6.60. The summed E-state index contributed by atoms with van der Waals surface area (Å²) < 4.78 is 21.8. The van der Waals surface area contributed by atoms with E-state index >= 15 is 0 Å². The number of benzene rings is 2. The van der Waals surface area contributed by atoms with Crippen LogP contribution >= 0.6 is 0 Å². The third-order valence-electron chi connectivity index (χ3n) is 4.65. The van der Waals surface area contributed by atoms with Gasteiger partial charge in [-0.05, 0) is 30.3 Å². The highest BCUT2D eigenvalue weighted by molar-refractivity contribution is 5.94. The number of hydrogen-bond donors (Lipinski definition) is 2. The second kappa shape index (κ2) is 9.43. The first-order chi connectivity index (χ1) is 14.8. The Labute approximate surface area is 174 Å². The quantitative estimate of drug-likeness (QED) is 0.385. The zero-order valence-corrected chi connectivity index (χ0v) is 17.0. The molecule has 0 aliphatic carbocycles. The number of nitrogens with zero attached hydrogens (tertiary/aromatic N) is 2. The predicted molar refractivity (Wildman–Crippen MR) is 116 cm³/mol. The molecule has 4 aromatic rings. The lowest BCUT2D eigenvalue weighted by Crippen LogP contribution is -2.10. The molecule has 0 fully saturated rings. The first kappa shape index (κ1) is 19.9. The van der Waals surface area contributed by atoms with Crippen molar-refractivity contribution in [1.29, 1.82) is 0 Å². The van der Waals surface area contributed by atoms with Gasteiger partial charge in [0.25, 0.3) is 0 Å². The molecule has 0 radical (unpaired) electrons. The number of hydrogen-bond acceptors (Lipinski definition) is 7. The predicted octanol–water partition coefficient (Wildman–Crippen LogP) is 3.91. The van der Waals surface area contributed by atoms with Crippen molar-refractivity contribution in [3.05, 3.63) is 48.9 Å². The van der Waals surface area contributed by atoms with E-state index in [1.165, 1.54) is 6.33 Å². The molecule has 2 heterocycles. The van der Waals surface area contributed by atoms with Crippen molar-refractivity contribution in [3.63, 3.8) is 0 Å². The smallest absolute Gasteiger partial charge is 0.163 e. The van der Waals surface area contributed by atoms with Gasteiger partial charge in [0.2, 0.25) is 0 Å². The van der Waals surface area contributed by atoms with E-state index in [1.807, 2.05) is 36.5 Å².